The van der Waals surface area contributed by atoms with Gasteiger partial charge in [0.15, 0.2) is 5.82 Å². The van der Waals surface area contributed by atoms with Crippen LogP contribution < -0.4 is 0 Å². The van der Waals surface area contributed by atoms with Crippen molar-refractivity contribution in [2.75, 3.05) is 0 Å². The Morgan fingerprint density at radius 3 is 1.06 bits per heavy atom. The first-order valence-electron chi connectivity index (χ1n) is 20.2. The van der Waals surface area contributed by atoms with E-state index in [0.29, 0.717) is 41.1 Å². The van der Waals surface area contributed by atoms with Crippen LogP contribution in [-0.4, -0.2) is 19.1 Å². The van der Waals surface area contributed by atoms with Gasteiger partial charge in [-0.1, -0.05) is 60.7 Å². The summed E-state index contributed by atoms with van der Waals surface area (Å²) in [6.45, 7) is 0. The number of hydrogen-bond donors (Lipinski definition) is 0. The zero-order valence-corrected chi connectivity index (χ0v) is 34.2. The molecule has 5 nitrogen and oxygen atoms in total. The van der Waals surface area contributed by atoms with Gasteiger partial charge in [-0.3, -0.25) is 0 Å². The van der Waals surface area contributed by atoms with Gasteiger partial charge in [0.25, 0.3) is 0 Å². The average Bonchev–Trinajstić information content (AvgIpc) is 3.82. The first-order valence-corrected chi connectivity index (χ1v) is 20.2. The van der Waals surface area contributed by atoms with Crippen LogP contribution in [0.1, 0.15) is 27.8 Å². The summed E-state index contributed by atoms with van der Waals surface area (Å²) in [5.41, 5.74) is -3.76. The van der Waals surface area contributed by atoms with Crippen LogP contribution in [0.2, 0.25) is 0 Å². The van der Waals surface area contributed by atoms with Gasteiger partial charge in [-0.15, -0.1) is 0 Å². The maximum Gasteiger partial charge on any atom is 0.416 e. The summed E-state index contributed by atoms with van der Waals surface area (Å²) in [6.07, 6.45) is -19.7. The molecular formula is C51H25F12N5. The standard InChI is InChI=1S/C51H25F12N5/c52-48(53,54)30-11-15-40-34(21-30)35-22-31(49(55,56)57)12-16-41(35)67(40)44-19-27(26-64)20-45(46(44)39-25-38(28-7-3-1-4-8-28)65-47(66-39)29-9-5-2-6-10-29)68-42-17-13-32(50(58,59)60)23-36(42)37-24-33(51(61,62)63)14-18-43(37)68/h1-25H. The molecule has 0 spiro atoms. The number of halogens is 12. The molecule has 0 aliphatic carbocycles. The second kappa shape index (κ2) is 15.5. The van der Waals surface area contributed by atoms with Crippen LogP contribution in [0.4, 0.5) is 52.7 Å². The Kier molecular flexibility index (Phi) is 9.96. The molecule has 0 amide bonds. The SMILES string of the molecule is N#Cc1cc(-n2c3ccc(C(F)(F)F)cc3c3cc(C(F)(F)F)ccc32)c(-c2cc(-c3ccccc3)nc(-c3ccccc3)n2)c(-n2c3ccc(C(F)(F)F)cc3c3cc(C(F)(F)F)ccc32)c1. The molecule has 0 aliphatic rings. The van der Waals surface area contributed by atoms with Crippen molar-refractivity contribution in [3.8, 4) is 51.3 Å². The van der Waals surface area contributed by atoms with Crippen molar-refractivity contribution >= 4 is 43.6 Å². The second-order valence-electron chi connectivity index (χ2n) is 15.8. The third kappa shape index (κ3) is 7.51. The van der Waals surface area contributed by atoms with Crippen LogP contribution in [0.15, 0.2) is 152 Å². The van der Waals surface area contributed by atoms with Crippen molar-refractivity contribution in [2.45, 2.75) is 24.7 Å². The van der Waals surface area contributed by atoms with Crippen LogP contribution in [0.5, 0.6) is 0 Å². The minimum absolute atomic E-state index is 0.0120. The van der Waals surface area contributed by atoms with Gasteiger partial charge >= 0.3 is 24.7 Å². The zero-order valence-electron chi connectivity index (χ0n) is 34.2. The highest BCUT2D eigenvalue weighted by molar-refractivity contribution is 6.12. The molecule has 68 heavy (non-hydrogen) atoms. The number of nitriles is 1. The first kappa shape index (κ1) is 43.7. The predicted molar refractivity (Wildman–Crippen MR) is 232 cm³/mol. The van der Waals surface area contributed by atoms with E-state index in [4.69, 9.17) is 9.97 Å². The minimum Gasteiger partial charge on any atom is -0.308 e. The van der Waals surface area contributed by atoms with E-state index in [0.717, 1.165) is 48.5 Å². The molecular weight excluding hydrogens is 911 g/mol. The van der Waals surface area contributed by atoms with Gasteiger partial charge in [0.05, 0.1) is 78.7 Å². The summed E-state index contributed by atoms with van der Waals surface area (Å²) in [4.78, 5) is 9.83. The first-order chi connectivity index (χ1) is 32.2. The lowest BCUT2D eigenvalue weighted by molar-refractivity contribution is -0.138. The van der Waals surface area contributed by atoms with Crippen molar-refractivity contribution < 1.29 is 52.7 Å². The Morgan fingerprint density at radius 2 is 0.721 bits per heavy atom. The molecule has 0 atom stereocenters. The summed E-state index contributed by atoms with van der Waals surface area (Å²) < 4.78 is 175. The zero-order chi connectivity index (χ0) is 48.1. The Hall–Kier alpha value is -8.13. The maximum atomic E-state index is 14.3. The van der Waals surface area contributed by atoms with Gasteiger partial charge in [0.1, 0.15) is 0 Å². The molecule has 0 saturated heterocycles. The Labute approximate surface area is 375 Å². The number of hydrogen-bond acceptors (Lipinski definition) is 3. The van der Waals surface area contributed by atoms with E-state index >= 15 is 0 Å². The van der Waals surface area contributed by atoms with E-state index in [1.165, 1.54) is 21.3 Å². The van der Waals surface area contributed by atoms with Crippen LogP contribution in [0.3, 0.4) is 0 Å². The number of nitrogens with zero attached hydrogens (tertiary/aromatic N) is 5. The topological polar surface area (TPSA) is 59.4 Å². The molecule has 0 N–H and O–H groups in total. The lowest BCUT2D eigenvalue weighted by atomic mass is 10.00. The van der Waals surface area contributed by atoms with Crippen LogP contribution in [0.25, 0.3) is 88.9 Å². The van der Waals surface area contributed by atoms with Crippen molar-refractivity contribution in [1.82, 2.24) is 19.1 Å². The molecule has 10 aromatic rings. The highest BCUT2D eigenvalue weighted by Crippen LogP contribution is 2.47. The Morgan fingerprint density at radius 1 is 0.382 bits per heavy atom. The lowest BCUT2D eigenvalue weighted by Crippen LogP contribution is -2.08. The fourth-order valence-electron chi connectivity index (χ4n) is 8.61. The molecule has 0 unspecified atom stereocenters. The lowest BCUT2D eigenvalue weighted by Gasteiger charge is -2.21. The second-order valence-corrected chi connectivity index (χ2v) is 15.8. The average molecular weight is 936 g/mol. The molecule has 0 fully saturated rings. The maximum absolute atomic E-state index is 14.3. The van der Waals surface area contributed by atoms with Crippen LogP contribution in [-0.2, 0) is 24.7 Å². The molecule has 7 aromatic carbocycles. The minimum atomic E-state index is -4.93. The fraction of sp³-hybridized carbons (Fsp3) is 0.0784. The molecule has 3 aromatic heterocycles. The molecule has 17 heteroatoms. The highest BCUT2D eigenvalue weighted by Gasteiger charge is 2.36. The number of rotatable bonds is 5. The molecule has 0 aliphatic heterocycles. The van der Waals surface area contributed by atoms with Crippen molar-refractivity contribution in [3.05, 3.63) is 179 Å². The van der Waals surface area contributed by atoms with Crippen LogP contribution in [0, 0.1) is 11.3 Å². The fourth-order valence-corrected chi connectivity index (χ4v) is 8.61. The van der Waals surface area contributed by atoms with E-state index in [1.54, 1.807) is 66.7 Å². The number of benzene rings is 7. The van der Waals surface area contributed by atoms with E-state index in [-0.39, 0.29) is 77.6 Å². The quantitative estimate of drug-likeness (QED) is 0.162. The Bertz CT molecular complexity index is 3320. The Balaban J connectivity index is 1.42. The van der Waals surface area contributed by atoms with E-state index in [1.807, 2.05) is 6.07 Å². The summed E-state index contributed by atoms with van der Waals surface area (Å²) in [6, 6.07) is 33.6. The van der Waals surface area contributed by atoms with Gasteiger partial charge in [0.2, 0.25) is 0 Å². The van der Waals surface area contributed by atoms with Crippen molar-refractivity contribution in [2.24, 2.45) is 0 Å². The largest absolute Gasteiger partial charge is 0.416 e. The molecule has 10 rings (SSSR count). The summed E-state index contributed by atoms with van der Waals surface area (Å²) in [5.74, 6) is 0.127. The number of fused-ring (bicyclic) bond motifs is 6. The molecule has 338 valence electrons. The van der Waals surface area contributed by atoms with Gasteiger partial charge < -0.3 is 9.13 Å². The monoisotopic (exact) mass is 935 g/mol. The molecule has 0 saturated carbocycles. The summed E-state index contributed by atoms with van der Waals surface area (Å²) in [7, 11) is 0. The van der Waals surface area contributed by atoms with Crippen LogP contribution >= 0.6 is 0 Å². The molecule has 3 heterocycles. The van der Waals surface area contributed by atoms with Gasteiger partial charge in [0, 0.05) is 38.2 Å². The van der Waals surface area contributed by atoms with E-state index in [9.17, 15) is 57.9 Å². The molecule has 0 bridgehead atoms. The van der Waals surface area contributed by atoms with E-state index in [2.05, 4.69) is 0 Å². The summed E-state index contributed by atoms with van der Waals surface area (Å²) >= 11 is 0. The summed E-state index contributed by atoms with van der Waals surface area (Å²) in [5, 5.41) is 9.65. The van der Waals surface area contributed by atoms with Crippen molar-refractivity contribution in [1.29, 1.82) is 5.26 Å². The number of aromatic nitrogens is 4. The third-order valence-electron chi connectivity index (χ3n) is 11.6. The third-order valence-corrected chi connectivity index (χ3v) is 11.6. The van der Waals surface area contributed by atoms with Gasteiger partial charge in [-0.2, -0.15) is 57.9 Å². The van der Waals surface area contributed by atoms with Gasteiger partial charge in [-0.25, -0.2) is 9.97 Å². The smallest absolute Gasteiger partial charge is 0.308 e. The van der Waals surface area contributed by atoms with Crippen molar-refractivity contribution in [3.63, 3.8) is 0 Å². The predicted octanol–water partition coefficient (Wildman–Crippen LogP) is 15.6. The van der Waals surface area contributed by atoms with E-state index < -0.39 is 47.0 Å². The molecule has 0 radical (unpaired) electrons. The number of alkyl halides is 12. The highest BCUT2D eigenvalue weighted by atomic mass is 19.4. The normalized spacial score (nSPS) is 12.7. The van der Waals surface area contributed by atoms with Gasteiger partial charge in [-0.05, 0) is 91.0 Å².